The van der Waals surface area contributed by atoms with E-state index >= 15 is 0 Å². The van der Waals surface area contributed by atoms with Gasteiger partial charge < -0.3 is 15.1 Å². The first-order chi connectivity index (χ1) is 21.5. The Balaban J connectivity index is 1.30. The average molecular weight is 611 g/mol. The summed E-state index contributed by atoms with van der Waals surface area (Å²) in [7, 11) is 0. The summed E-state index contributed by atoms with van der Waals surface area (Å²) >= 11 is 0. The highest BCUT2D eigenvalue weighted by atomic mass is 16.2. The van der Waals surface area contributed by atoms with Crippen molar-refractivity contribution in [3.05, 3.63) is 76.6 Å². The van der Waals surface area contributed by atoms with E-state index in [4.69, 9.17) is 4.99 Å². The molecule has 1 fully saturated rings. The Labute approximate surface area is 266 Å². The SMILES string of the molecule is CC(C)CC[C@H](c1ccc(C(=O)NCc2nn[nH]n2)cc1)N1C(=O)C(N2Cc3ccccc3C2)=NC12CCC(C(C)(C)C)CC2. The lowest BCUT2D eigenvalue weighted by Crippen LogP contribution is -2.52. The predicted molar refractivity (Wildman–Crippen MR) is 173 cm³/mol. The number of tetrazole rings is 1. The largest absolute Gasteiger partial charge is 0.345 e. The molecule has 45 heavy (non-hydrogen) atoms. The number of hydrogen-bond donors (Lipinski definition) is 2. The summed E-state index contributed by atoms with van der Waals surface area (Å²) in [6.07, 6.45) is 5.62. The minimum Gasteiger partial charge on any atom is -0.345 e. The molecular weight excluding hydrogens is 564 g/mol. The molecule has 0 saturated heterocycles. The van der Waals surface area contributed by atoms with Crippen molar-refractivity contribution in [2.45, 2.75) is 104 Å². The van der Waals surface area contributed by atoms with Crippen LogP contribution in [0.2, 0.25) is 0 Å². The number of carbonyl (C=O) groups excluding carboxylic acids is 2. The number of aromatic amines is 1. The summed E-state index contributed by atoms with van der Waals surface area (Å²) < 4.78 is 0. The molecule has 3 aromatic rings. The summed E-state index contributed by atoms with van der Waals surface area (Å²) in [5, 5.41) is 16.6. The van der Waals surface area contributed by atoms with E-state index in [1.807, 2.05) is 24.3 Å². The number of amidine groups is 1. The smallest absolute Gasteiger partial charge is 0.291 e. The van der Waals surface area contributed by atoms with Crippen LogP contribution in [0.25, 0.3) is 0 Å². The maximum absolute atomic E-state index is 14.7. The van der Waals surface area contributed by atoms with Crippen molar-refractivity contribution in [2.75, 3.05) is 0 Å². The van der Waals surface area contributed by atoms with Crippen molar-refractivity contribution in [1.29, 1.82) is 0 Å². The van der Waals surface area contributed by atoms with E-state index in [1.165, 1.54) is 11.1 Å². The molecule has 6 rings (SSSR count). The number of amides is 2. The van der Waals surface area contributed by atoms with Crippen LogP contribution in [0, 0.1) is 17.3 Å². The number of nitrogens with zero attached hydrogens (tertiary/aromatic N) is 6. The number of hydrogen-bond acceptors (Lipinski definition) is 7. The van der Waals surface area contributed by atoms with E-state index in [1.54, 1.807) is 0 Å². The Hall–Kier alpha value is -4.08. The maximum Gasteiger partial charge on any atom is 0.291 e. The number of fused-ring (bicyclic) bond motifs is 1. The lowest BCUT2D eigenvalue weighted by molar-refractivity contribution is -0.134. The molecule has 3 aliphatic rings. The van der Waals surface area contributed by atoms with Crippen LogP contribution in [0.15, 0.2) is 53.5 Å². The quantitative estimate of drug-likeness (QED) is 0.333. The summed E-state index contributed by atoms with van der Waals surface area (Å²) in [4.78, 5) is 37.4. The zero-order valence-corrected chi connectivity index (χ0v) is 27.2. The topological polar surface area (TPSA) is 119 Å². The molecule has 2 amide bonds. The third-order valence-electron chi connectivity index (χ3n) is 10.0. The highest BCUT2D eigenvalue weighted by molar-refractivity contribution is 6.39. The molecule has 10 heteroatoms. The second kappa shape index (κ2) is 12.4. The number of benzene rings is 2. The zero-order chi connectivity index (χ0) is 31.8. The van der Waals surface area contributed by atoms with E-state index in [2.05, 4.69) is 94.6 Å². The average Bonchev–Trinajstić information content (AvgIpc) is 3.75. The van der Waals surface area contributed by atoms with Gasteiger partial charge >= 0.3 is 0 Å². The van der Waals surface area contributed by atoms with Gasteiger partial charge in [0.25, 0.3) is 11.8 Å². The van der Waals surface area contributed by atoms with Crippen LogP contribution in [0.1, 0.15) is 112 Å². The van der Waals surface area contributed by atoms with Gasteiger partial charge in [-0.3, -0.25) is 9.59 Å². The lowest BCUT2D eigenvalue weighted by atomic mass is 9.69. The molecule has 1 aromatic heterocycles. The van der Waals surface area contributed by atoms with Gasteiger partial charge in [0.2, 0.25) is 0 Å². The Kier molecular flexibility index (Phi) is 8.50. The fourth-order valence-electron chi connectivity index (χ4n) is 7.33. The number of carbonyl (C=O) groups is 2. The van der Waals surface area contributed by atoms with Gasteiger partial charge in [0, 0.05) is 18.7 Å². The second-order valence-electron chi connectivity index (χ2n) is 14.5. The number of H-pyrrole nitrogens is 1. The monoisotopic (exact) mass is 610 g/mol. The van der Waals surface area contributed by atoms with Crippen LogP contribution in [-0.2, 0) is 24.4 Å². The summed E-state index contributed by atoms with van der Waals surface area (Å²) in [6, 6.07) is 16.0. The van der Waals surface area contributed by atoms with Crippen LogP contribution >= 0.6 is 0 Å². The molecule has 2 aliphatic heterocycles. The van der Waals surface area contributed by atoms with Gasteiger partial charge in [-0.05, 0) is 84.6 Å². The molecule has 0 radical (unpaired) electrons. The predicted octanol–water partition coefficient (Wildman–Crippen LogP) is 5.80. The standard InChI is InChI=1S/C35H46N8O2/c1-23(2)10-15-29(24-11-13-25(14-12-24)32(44)36-20-30-38-40-41-39-30)43-33(45)31(42-21-26-8-6-7-9-27(26)22-42)37-35(43)18-16-28(17-19-35)34(3,4)5/h6-9,11-14,23,28-29H,10,15-22H2,1-5H3,(H,36,44)(H,38,39,40,41)/t28?,29-,35?/m1/s1. The van der Waals surface area contributed by atoms with E-state index < -0.39 is 5.66 Å². The van der Waals surface area contributed by atoms with Crippen LogP contribution in [0.4, 0.5) is 0 Å². The van der Waals surface area contributed by atoms with Crippen molar-refractivity contribution >= 4 is 17.6 Å². The van der Waals surface area contributed by atoms with Gasteiger partial charge in [0.05, 0.1) is 12.6 Å². The van der Waals surface area contributed by atoms with Crippen molar-refractivity contribution in [3.8, 4) is 0 Å². The van der Waals surface area contributed by atoms with E-state index in [9.17, 15) is 9.59 Å². The highest BCUT2D eigenvalue weighted by Crippen LogP contribution is 2.50. The summed E-state index contributed by atoms with van der Waals surface area (Å²) in [6.45, 7) is 13.0. The van der Waals surface area contributed by atoms with Gasteiger partial charge in [0.1, 0.15) is 5.66 Å². The second-order valence-corrected chi connectivity index (χ2v) is 14.5. The molecule has 0 bridgehead atoms. The van der Waals surface area contributed by atoms with E-state index in [-0.39, 0.29) is 29.8 Å². The number of aromatic nitrogens is 4. The third kappa shape index (κ3) is 6.37. The molecule has 1 atom stereocenters. The Morgan fingerprint density at radius 1 is 1.02 bits per heavy atom. The highest BCUT2D eigenvalue weighted by Gasteiger charge is 2.53. The van der Waals surface area contributed by atoms with Gasteiger partial charge in [-0.15, -0.1) is 10.2 Å². The molecule has 10 nitrogen and oxygen atoms in total. The van der Waals surface area contributed by atoms with E-state index in [0.29, 0.717) is 42.1 Å². The molecule has 1 spiro atoms. The molecule has 2 N–H and O–H groups in total. The van der Waals surface area contributed by atoms with Crippen LogP contribution in [0.5, 0.6) is 0 Å². The Morgan fingerprint density at radius 3 is 2.27 bits per heavy atom. The van der Waals surface area contributed by atoms with Crippen LogP contribution in [0.3, 0.4) is 0 Å². The van der Waals surface area contributed by atoms with Gasteiger partial charge in [-0.1, -0.05) is 76.2 Å². The van der Waals surface area contributed by atoms with Crippen LogP contribution < -0.4 is 5.32 Å². The molecule has 1 saturated carbocycles. The Bertz CT molecular complexity index is 1510. The first-order valence-corrected chi connectivity index (χ1v) is 16.4. The number of aliphatic imine (C=N–C) groups is 1. The third-order valence-corrected chi connectivity index (χ3v) is 10.0. The molecule has 2 aromatic carbocycles. The molecule has 238 valence electrons. The first-order valence-electron chi connectivity index (χ1n) is 16.4. The van der Waals surface area contributed by atoms with Crippen molar-refractivity contribution in [1.82, 2.24) is 35.7 Å². The fourth-order valence-corrected chi connectivity index (χ4v) is 7.33. The first kappa shape index (κ1) is 30.9. The zero-order valence-electron chi connectivity index (χ0n) is 27.2. The van der Waals surface area contributed by atoms with Crippen molar-refractivity contribution < 1.29 is 9.59 Å². The minimum absolute atomic E-state index is 0.0349. The Morgan fingerprint density at radius 2 is 1.69 bits per heavy atom. The summed E-state index contributed by atoms with van der Waals surface area (Å²) in [5.74, 6) is 1.93. The lowest BCUT2D eigenvalue weighted by Gasteiger charge is -2.47. The molecular formula is C35H46N8O2. The van der Waals surface area contributed by atoms with Gasteiger partial charge in [-0.25, -0.2) is 4.99 Å². The van der Waals surface area contributed by atoms with Gasteiger partial charge in [0.15, 0.2) is 11.7 Å². The number of rotatable bonds is 8. The molecule has 3 heterocycles. The minimum atomic E-state index is -0.564. The summed E-state index contributed by atoms with van der Waals surface area (Å²) in [5.41, 5.74) is 3.77. The van der Waals surface area contributed by atoms with Gasteiger partial charge in [-0.2, -0.15) is 5.21 Å². The molecule has 0 unspecified atom stereocenters. The van der Waals surface area contributed by atoms with Crippen LogP contribution in [-0.4, -0.2) is 53.7 Å². The van der Waals surface area contributed by atoms with Crippen molar-refractivity contribution in [3.63, 3.8) is 0 Å². The fraction of sp³-hybridized carbons (Fsp3) is 0.543. The normalized spacial score (nSPS) is 22.2. The van der Waals surface area contributed by atoms with Crippen molar-refractivity contribution in [2.24, 2.45) is 22.2 Å². The van der Waals surface area contributed by atoms with E-state index in [0.717, 1.165) is 44.1 Å². The molecule has 1 aliphatic carbocycles. The maximum atomic E-state index is 14.7. The number of nitrogens with one attached hydrogen (secondary N) is 2.